The summed E-state index contributed by atoms with van der Waals surface area (Å²) in [7, 11) is 0. The molecule has 1 aromatic carbocycles. The maximum atomic E-state index is 13.2. The minimum absolute atomic E-state index is 0.0863. The Labute approximate surface area is 122 Å². The van der Waals surface area contributed by atoms with E-state index in [0.29, 0.717) is 12.4 Å². The molecule has 1 heterocycles. The van der Waals surface area contributed by atoms with Gasteiger partial charge in [-0.05, 0) is 30.3 Å². The number of halogens is 2. The SMILES string of the molecule is CCNCc1ccc(COc2ccc(Cl)c(F)c2)nc1. The van der Waals surface area contributed by atoms with Gasteiger partial charge in [0, 0.05) is 18.8 Å². The van der Waals surface area contributed by atoms with Crippen LogP contribution in [-0.4, -0.2) is 11.5 Å². The maximum Gasteiger partial charge on any atom is 0.145 e. The quantitative estimate of drug-likeness (QED) is 0.884. The molecule has 0 amide bonds. The molecular weight excluding hydrogens is 279 g/mol. The van der Waals surface area contributed by atoms with Gasteiger partial charge in [0.15, 0.2) is 0 Å². The summed E-state index contributed by atoms with van der Waals surface area (Å²) in [5.41, 5.74) is 1.91. The Bertz CT molecular complexity index is 560. The van der Waals surface area contributed by atoms with E-state index in [-0.39, 0.29) is 5.02 Å². The number of benzene rings is 1. The second-order valence-electron chi connectivity index (χ2n) is 4.30. The number of hydrogen-bond acceptors (Lipinski definition) is 3. The summed E-state index contributed by atoms with van der Waals surface area (Å²) in [5, 5.41) is 3.31. The molecule has 3 nitrogen and oxygen atoms in total. The highest BCUT2D eigenvalue weighted by Gasteiger charge is 2.03. The van der Waals surface area contributed by atoms with Crippen molar-refractivity contribution in [1.82, 2.24) is 10.3 Å². The zero-order valence-electron chi connectivity index (χ0n) is 11.2. The number of ether oxygens (including phenoxy) is 1. The third-order valence-electron chi connectivity index (χ3n) is 2.74. The van der Waals surface area contributed by atoms with E-state index in [1.807, 2.05) is 18.3 Å². The minimum Gasteiger partial charge on any atom is -0.487 e. The number of hydrogen-bond donors (Lipinski definition) is 1. The standard InChI is InChI=1S/C15H16ClFN2O/c1-2-18-8-11-3-4-12(19-9-11)10-20-13-5-6-14(16)15(17)7-13/h3-7,9,18H,2,8,10H2,1H3. The fraction of sp³-hybridized carbons (Fsp3) is 0.267. The van der Waals surface area contributed by atoms with E-state index < -0.39 is 5.82 Å². The second kappa shape index (κ2) is 7.22. The zero-order valence-corrected chi connectivity index (χ0v) is 12.0. The first-order valence-corrected chi connectivity index (χ1v) is 6.79. The Kier molecular flexibility index (Phi) is 5.32. The molecule has 0 bridgehead atoms. The first-order chi connectivity index (χ1) is 9.69. The maximum absolute atomic E-state index is 13.2. The molecule has 5 heteroatoms. The molecule has 0 aliphatic rings. The average Bonchev–Trinajstić information content (AvgIpc) is 2.47. The molecule has 1 N–H and O–H groups in total. The van der Waals surface area contributed by atoms with Crippen molar-refractivity contribution in [3.8, 4) is 5.75 Å². The monoisotopic (exact) mass is 294 g/mol. The molecule has 2 aromatic rings. The van der Waals surface area contributed by atoms with Gasteiger partial charge in [-0.2, -0.15) is 0 Å². The first-order valence-electron chi connectivity index (χ1n) is 6.41. The second-order valence-corrected chi connectivity index (χ2v) is 4.71. The van der Waals surface area contributed by atoms with Crippen LogP contribution < -0.4 is 10.1 Å². The van der Waals surface area contributed by atoms with Crippen molar-refractivity contribution in [3.63, 3.8) is 0 Å². The van der Waals surface area contributed by atoms with E-state index in [0.717, 1.165) is 24.3 Å². The van der Waals surface area contributed by atoms with Gasteiger partial charge in [-0.1, -0.05) is 24.6 Å². The molecule has 0 saturated heterocycles. The summed E-state index contributed by atoms with van der Waals surface area (Å²) in [6.45, 7) is 4.07. The fourth-order valence-electron chi connectivity index (χ4n) is 1.64. The number of nitrogens with one attached hydrogen (secondary N) is 1. The van der Waals surface area contributed by atoms with Gasteiger partial charge in [0.2, 0.25) is 0 Å². The molecule has 0 saturated carbocycles. The van der Waals surface area contributed by atoms with Crippen LogP contribution in [0.4, 0.5) is 4.39 Å². The Morgan fingerprint density at radius 1 is 1.30 bits per heavy atom. The minimum atomic E-state index is -0.488. The van der Waals surface area contributed by atoms with Crippen LogP contribution in [0.1, 0.15) is 18.2 Å². The zero-order chi connectivity index (χ0) is 14.4. The molecule has 0 fully saturated rings. The smallest absolute Gasteiger partial charge is 0.145 e. The van der Waals surface area contributed by atoms with Crippen molar-refractivity contribution < 1.29 is 9.13 Å². The summed E-state index contributed by atoms with van der Waals surface area (Å²) in [6.07, 6.45) is 1.81. The number of nitrogens with zero attached hydrogens (tertiary/aromatic N) is 1. The van der Waals surface area contributed by atoms with Crippen molar-refractivity contribution in [1.29, 1.82) is 0 Å². The predicted octanol–water partition coefficient (Wildman–Crippen LogP) is 3.56. The summed E-state index contributed by atoms with van der Waals surface area (Å²) >= 11 is 5.61. The van der Waals surface area contributed by atoms with E-state index >= 15 is 0 Å². The van der Waals surface area contributed by atoms with Crippen molar-refractivity contribution >= 4 is 11.6 Å². The van der Waals surface area contributed by atoms with Crippen LogP contribution in [-0.2, 0) is 13.2 Å². The highest BCUT2D eigenvalue weighted by molar-refractivity contribution is 6.30. The third-order valence-corrected chi connectivity index (χ3v) is 3.05. The van der Waals surface area contributed by atoms with Gasteiger partial charge in [0.1, 0.15) is 18.2 Å². The molecule has 0 aliphatic heterocycles. The number of rotatable bonds is 6. The Balaban J connectivity index is 1.91. The Hall–Kier alpha value is -1.65. The van der Waals surface area contributed by atoms with E-state index in [9.17, 15) is 4.39 Å². The summed E-state index contributed by atoms with van der Waals surface area (Å²) in [6, 6.07) is 8.27. The van der Waals surface area contributed by atoms with E-state index in [2.05, 4.69) is 17.2 Å². The van der Waals surface area contributed by atoms with Crippen LogP contribution in [0.3, 0.4) is 0 Å². The molecular formula is C15H16ClFN2O. The largest absolute Gasteiger partial charge is 0.487 e. The molecule has 0 radical (unpaired) electrons. The molecule has 2 rings (SSSR count). The molecule has 20 heavy (non-hydrogen) atoms. The summed E-state index contributed by atoms with van der Waals surface area (Å²) in [5.74, 6) is -0.0523. The van der Waals surface area contributed by atoms with E-state index in [1.54, 1.807) is 6.07 Å². The highest BCUT2D eigenvalue weighted by Crippen LogP contribution is 2.21. The van der Waals surface area contributed by atoms with Gasteiger partial charge >= 0.3 is 0 Å². The lowest BCUT2D eigenvalue weighted by Crippen LogP contribution is -2.12. The Morgan fingerprint density at radius 2 is 2.15 bits per heavy atom. The fourth-order valence-corrected chi connectivity index (χ4v) is 1.76. The summed E-state index contributed by atoms with van der Waals surface area (Å²) in [4.78, 5) is 4.30. The normalized spacial score (nSPS) is 10.6. The van der Waals surface area contributed by atoms with E-state index in [4.69, 9.17) is 16.3 Å². The van der Waals surface area contributed by atoms with Crippen LogP contribution in [0.15, 0.2) is 36.5 Å². The molecule has 0 spiro atoms. The van der Waals surface area contributed by atoms with Gasteiger partial charge in [-0.3, -0.25) is 4.98 Å². The number of aromatic nitrogens is 1. The topological polar surface area (TPSA) is 34.1 Å². The van der Waals surface area contributed by atoms with Crippen LogP contribution in [0.5, 0.6) is 5.75 Å². The number of pyridine rings is 1. The van der Waals surface area contributed by atoms with Crippen molar-refractivity contribution in [3.05, 3.63) is 58.6 Å². The van der Waals surface area contributed by atoms with Gasteiger partial charge in [-0.25, -0.2) is 4.39 Å². The lowest BCUT2D eigenvalue weighted by Gasteiger charge is -2.07. The van der Waals surface area contributed by atoms with Crippen molar-refractivity contribution in [2.75, 3.05) is 6.54 Å². The molecule has 0 unspecified atom stereocenters. The lowest BCUT2D eigenvalue weighted by atomic mass is 10.2. The van der Waals surface area contributed by atoms with Crippen LogP contribution in [0.25, 0.3) is 0 Å². The molecule has 0 aliphatic carbocycles. The van der Waals surface area contributed by atoms with Gasteiger partial charge in [0.25, 0.3) is 0 Å². The van der Waals surface area contributed by atoms with Gasteiger partial charge in [-0.15, -0.1) is 0 Å². The van der Waals surface area contributed by atoms with Crippen LogP contribution >= 0.6 is 11.6 Å². The highest BCUT2D eigenvalue weighted by atomic mass is 35.5. The van der Waals surface area contributed by atoms with Crippen LogP contribution in [0.2, 0.25) is 5.02 Å². The lowest BCUT2D eigenvalue weighted by molar-refractivity contribution is 0.299. The first kappa shape index (κ1) is 14.8. The van der Waals surface area contributed by atoms with E-state index in [1.165, 1.54) is 12.1 Å². The molecule has 1 aromatic heterocycles. The average molecular weight is 295 g/mol. The molecule has 106 valence electrons. The van der Waals surface area contributed by atoms with Gasteiger partial charge < -0.3 is 10.1 Å². The summed E-state index contributed by atoms with van der Waals surface area (Å²) < 4.78 is 18.7. The predicted molar refractivity (Wildman–Crippen MR) is 77.4 cm³/mol. The molecule has 0 atom stereocenters. The van der Waals surface area contributed by atoms with Crippen molar-refractivity contribution in [2.24, 2.45) is 0 Å². The third kappa shape index (κ3) is 4.18. The van der Waals surface area contributed by atoms with Crippen LogP contribution in [0, 0.1) is 5.82 Å². The van der Waals surface area contributed by atoms with Gasteiger partial charge in [0.05, 0.1) is 10.7 Å². The van der Waals surface area contributed by atoms with Crippen molar-refractivity contribution in [2.45, 2.75) is 20.1 Å². The Morgan fingerprint density at radius 3 is 2.80 bits per heavy atom.